The fourth-order valence-electron chi connectivity index (χ4n) is 5.23. The van der Waals surface area contributed by atoms with Crippen molar-refractivity contribution in [3.8, 4) is 0 Å². The number of hydrogen-bond donors (Lipinski definition) is 1. The van der Waals surface area contributed by atoms with Crippen molar-refractivity contribution in [2.24, 2.45) is 7.05 Å². The third-order valence-electron chi connectivity index (χ3n) is 7.30. The maximum Gasteiger partial charge on any atom is 0.305 e. The lowest BCUT2D eigenvalue weighted by Crippen LogP contribution is -2.44. The molecule has 1 aromatic heterocycles. The number of esters is 1. The molecule has 1 saturated heterocycles. The molecule has 0 bridgehead atoms. The molecular weight excluding hydrogens is 571 g/mol. The molecule has 1 unspecified atom stereocenters. The minimum Gasteiger partial charge on any atom is -0.469 e. The Labute approximate surface area is 247 Å². The Hall–Kier alpha value is -3.14. The van der Waals surface area contributed by atoms with Gasteiger partial charge in [0, 0.05) is 46.8 Å². The van der Waals surface area contributed by atoms with Crippen LogP contribution >= 0.6 is 35.0 Å². The van der Waals surface area contributed by atoms with Gasteiger partial charge in [-0.25, -0.2) is 0 Å². The quantitative estimate of drug-likeness (QED) is 0.318. The van der Waals surface area contributed by atoms with Gasteiger partial charge in [-0.3, -0.25) is 14.4 Å². The first-order valence-corrected chi connectivity index (χ1v) is 14.8. The monoisotopic (exact) mass is 600 g/mol. The summed E-state index contributed by atoms with van der Waals surface area (Å²) in [4.78, 5) is 43.2. The molecule has 2 amide bonds. The van der Waals surface area contributed by atoms with Crippen LogP contribution in [0.2, 0.25) is 10.0 Å². The largest absolute Gasteiger partial charge is 0.469 e. The fourth-order valence-corrected chi connectivity index (χ4v) is 6.72. The molecule has 0 radical (unpaired) electrons. The predicted octanol–water partition coefficient (Wildman–Crippen LogP) is 6.03. The van der Waals surface area contributed by atoms with Crippen molar-refractivity contribution in [1.29, 1.82) is 0 Å². The molecule has 5 rings (SSSR count). The highest BCUT2D eigenvalue weighted by molar-refractivity contribution is 8.03. The van der Waals surface area contributed by atoms with Gasteiger partial charge in [-0.2, -0.15) is 0 Å². The van der Waals surface area contributed by atoms with Crippen molar-refractivity contribution in [1.82, 2.24) is 14.4 Å². The fraction of sp³-hybridized carbons (Fsp3) is 0.345. The highest BCUT2D eigenvalue weighted by Crippen LogP contribution is 2.35. The Morgan fingerprint density at radius 3 is 2.75 bits per heavy atom. The predicted molar refractivity (Wildman–Crippen MR) is 159 cm³/mol. The van der Waals surface area contributed by atoms with Crippen LogP contribution in [0.3, 0.4) is 0 Å². The molecule has 3 aromatic rings. The zero-order chi connectivity index (χ0) is 28.4. The average Bonchev–Trinajstić information content (AvgIpc) is 3.69. The third-order valence-corrected chi connectivity index (χ3v) is 9.08. The standard InChI is InChI=1S/C29H30Cl2N4O4S/c1-33-16-21(20-6-3-4-7-25(20)33)29(38)32-24-14-22(30)18(12-23(24)31)13-27(36)35-11-5-8-26(35)34-15-19(40-17-34)9-10-28(37)39-2/h3-4,6-7,12,14-16,26H,5,8-11,13,17H2,1-2H3,(H,32,38). The van der Waals surface area contributed by atoms with Crippen LogP contribution in [0.4, 0.5) is 5.69 Å². The maximum atomic E-state index is 13.4. The van der Waals surface area contributed by atoms with Crippen molar-refractivity contribution in [2.75, 3.05) is 24.8 Å². The van der Waals surface area contributed by atoms with E-state index in [-0.39, 0.29) is 30.4 Å². The number of nitrogens with zero attached hydrogens (tertiary/aromatic N) is 3. The van der Waals surface area contributed by atoms with Crippen LogP contribution in [0.1, 0.15) is 41.6 Å². The van der Waals surface area contributed by atoms with Crippen molar-refractivity contribution in [3.63, 3.8) is 0 Å². The van der Waals surface area contributed by atoms with Crippen molar-refractivity contribution >= 4 is 69.3 Å². The molecule has 40 heavy (non-hydrogen) atoms. The van der Waals surface area contributed by atoms with E-state index >= 15 is 0 Å². The lowest BCUT2D eigenvalue weighted by molar-refractivity contribution is -0.140. The zero-order valence-corrected chi connectivity index (χ0v) is 24.6. The molecule has 2 aromatic carbocycles. The highest BCUT2D eigenvalue weighted by atomic mass is 35.5. The summed E-state index contributed by atoms with van der Waals surface area (Å²) in [6.45, 7) is 0.667. The third kappa shape index (κ3) is 5.96. The number of halogens is 2. The van der Waals surface area contributed by atoms with Crippen LogP contribution in [0, 0.1) is 0 Å². The number of para-hydroxylation sites is 1. The number of rotatable bonds is 8. The minimum absolute atomic E-state index is 0.0329. The Balaban J connectivity index is 1.25. The van der Waals surface area contributed by atoms with Gasteiger partial charge in [0.2, 0.25) is 5.91 Å². The number of aromatic nitrogens is 1. The van der Waals surface area contributed by atoms with Gasteiger partial charge in [-0.05, 0) is 43.0 Å². The van der Waals surface area contributed by atoms with Gasteiger partial charge in [0.1, 0.15) is 6.17 Å². The van der Waals surface area contributed by atoms with Gasteiger partial charge in [0.05, 0.1) is 42.1 Å². The molecule has 1 N–H and O–H groups in total. The average molecular weight is 602 g/mol. The summed E-state index contributed by atoms with van der Waals surface area (Å²) < 4.78 is 6.64. The first-order chi connectivity index (χ1) is 19.2. The van der Waals surface area contributed by atoms with E-state index in [1.165, 1.54) is 7.11 Å². The number of amides is 2. The first-order valence-electron chi connectivity index (χ1n) is 13.0. The van der Waals surface area contributed by atoms with Crippen LogP contribution in [-0.2, 0) is 27.8 Å². The Bertz CT molecular complexity index is 1500. The van der Waals surface area contributed by atoms with Gasteiger partial charge < -0.3 is 24.4 Å². The summed E-state index contributed by atoms with van der Waals surface area (Å²) in [6, 6.07) is 10.9. The molecule has 2 aliphatic rings. The van der Waals surface area contributed by atoms with Gasteiger partial charge >= 0.3 is 5.97 Å². The Kier molecular flexibility index (Phi) is 8.63. The molecule has 1 atom stereocenters. The van der Waals surface area contributed by atoms with E-state index in [4.69, 9.17) is 27.9 Å². The second kappa shape index (κ2) is 12.2. The first kappa shape index (κ1) is 28.4. The van der Waals surface area contributed by atoms with E-state index in [1.807, 2.05) is 40.8 Å². The molecule has 210 valence electrons. The summed E-state index contributed by atoms with van der Waals surface area (Å²) in [5.41, 5.74) is 2.48. The number of hydrogen-bond acceptors (Lipinski definition) is 6. The Morgan fingerprint density at radius 1 is 1.15 bits per heavy atom. The summed E-state index contributed by atoms with van der Waals surface area (Å²) in [6.07, 6.45) is 6.67. The number of carbonyl (C=O) groups is 3. The normalized spacial score (nSPS) is 16.9. The van der Waals surface area contributed by atoms with Gasteiger partial charge in [0.15, 0.2) is 0 Å². The molecule has 3 heterocycles. The summed E-state index contributed by atoms with van der Waals surface area (Å²) in [7, 11) is 3.28. The molecule has 0 aliphatic carbocycles. The summed E-state index contributed by atoms with van der Waals surface area (Å²) in [5, 5.41) is 4.39. The molecule has 2 aliphatic heterocycles. The number of fused-ring (bicyclic) bond motifs is 1. The van der Waals surface area contributed by atoms with Crippen LogP contribution < -0.4 is 5.32 Å². The van der Waals surface area contributed by atoms with E-state index in [2.05, 4.69) is 16.4 Å². The van der Waals surface area contributed by atoms with Crippen LogP contribution in [-0.4, -0.2) is 57.8 Å². The minimum atomic E-state index is -0.291. The van der Waals surface area contributed by atoms with Crippen LogP contribution in [0.5, 0.6) is 0 Å². The molecule has 0 saturated carbocycles. The van der Waals surface area contributed by atoms with Gasteiger partial charge in [-0.1, -0.05) is 41.4 Å². The van der Waals surface area contributed by atoms with E-state index < -0.39 is 0 Å². The number of ether oxygens (including phenoxy) is 1. The van der Waals surface area contributed by atoms with Crippen molar-refractivity contribution in [3.05, 3.63) is 74.9 Å². The van der Waals surface area contributed by atoms with E-state index in [9.17, 15) is 14.4 Å². The lowest BCUT2D eigenvalue weighted by Gasteiger charge is -2.32. The van der Waals surface area contributed by atoms with E-state index in [1.54, 1.807) is 30.1 Å². The Morgan fingerprint density at radius 2 is 1.95 bits per heavy atom. The number of allylic oxidation sites excluding steroid dienone is 1. The SMILES string of the molecule is COC(=O)CCC1=CN(C2CCCN2C(=O)Cc2cc(Cl)c(NC(=O)c3cn(C)c4ccccc34)cc2Cl)CS1. The van der Waals surface area contributed by atoms with Crippen molar-refractivity contribution in [2.45, 2.75) is 38.3 Å². The number of thioether (sulfide) groups is 1. The number of likely N-dealkylation sites (tertiary alicyclic amines) is 1. The zero-order valence-electron chi connectivity index (χ0n) is 22.3. The number of nitrogens with one attached hydrogen (secondary N) is 1. The number of carbonyl (C=O) groups excluding carboxylic acids is 3. The maximum absolute atomic E-state index is 13.4. The van der Waals surface area contributed by atoms with Crippen LogP contribution in [0.15, 0.2) is 53.7 Å². The topological polar surface area (TPSA) is 83.9 Å². The molecule has 0 spiro atoms. The van der Waals surface area contributed by atoms with Crippen molar-refractivity contribution < 1.29 is 19.1 Å². The smallest absolute Gasteiger partial charge is 0.305 e. The second-order valence-corrected chi connectivity index (χ2v) is 11.8. The molecule has 1 fully saturated rings. The van der Waals surface area contributed by atoms with E-state index in [0.717, 1.165) is 34.5 Å². The second-order valence-electron chi connectivity index (χ2n) is 9.89. The molecule has 11 heteroatoms. The summed E-state index contributed by atoms with van der Waals surface area (Å²) >= 11 is 14.8. The number of anilines is 1. The highest BCUT2D eigenvalue weighted by Gasteiger charge is 2.34. The molecule has 8 nitrogen and oxygen atoms in total. The summed E-state index contributed by atoms with van der Waals surface area (Å²) in [5.74, 6) is 0.186. The number of benzene rings is 2. The molecular formula is C29H30Cl2N4O4S. The number of aryl methyl sites for hydroxylation is 1. The van der Waals surface area contributed by atoms with Gasteiger partial charge in [-0.15, -0.1) is 11.8 Å². The van der Waals surface area contributed by atoms with Gasteiger partial charge in [0.25, 0.3) is 5.91 Å². The van der Waals surface area contributed by atoms with Crippen LogP contribution in [0.25, 0.3) is 10.9 Å². The van der Waals surface area contributed by atoms with E-state index in [0.29, 0.717) is 46.2 Å². The lowest BCUT2D eigenvalue weighted by atomic mass is 10.1. The number of methoxy groups -OCH3 is 1.